The molecule has 0 saturated carbocycles. The maximum Gasteiger partial charge on any atom is 0.262 e. The van der Waals surface area contributed by atoms with Crippen LogP contribution < -0.4 is 15.4 Å². The SMILES string of the molecule is CC(C)(C)C1CCc2c(sc(NC(=O)COc3ccc(Cl)cc3)c2C(=O)Nc2ccccc2Cl)C1. The molecule has 1 atom stereocenters. The maximum absolute atomic E-state index is 13.4. The fourth-order valence-electron chi connectivity index (χ4n) is 4.24. The molecule has 1 unspecified atom stereocenters. The summed E-state index contributed by atoms with van der Waals surface area (Å²) in [6.45, 7) is 6.56. The molecule has 2 aromatic carbocycles. The lowest BCUT2D eigenvalue weighted by atomic mass is 9.72. The number of rotatable bonds is 6. The number of hydrogen-bond acceptors (Lipinski definition) is 4. The van der Waals surface area contributed by atoms with Gasteiger partial charge in [0, 0.05) is 9.90 Å². The Morgan fingerprint density at radius 2 is 1.77 bits per heavy atom. The van der Waals surface area contributed by atoms with Gasteiger partial charge in [0.1, 0.15) is 10.8 Å². The summed E-state index contributed by atoms with van der Waals surface area (Å²) in [6, 6.07) is 13.9. The lowest BCUT2D eigenvalue weighted by Gasteiger charge is -2.33. The number of nitrogens with one attached hydrogen (secondary N) is 2. The molecule has 0 saturated heterocycles. The summed E-state index contributed by atoms with van der Waals surface area (Å²) in [5.74, 6) is 0.432. The number of carbonyl (C=O) groups is 2. The van der Waals surface area contributed by atoms with Crippen molar-refractivity contribution in [2.45, 2.75) is 40.0 Å². The van der Waals surface area contributed by atoms with Gasteiger partial charge in [-0.2, -0.15) is 0 Å². The molecule has 35 heavy (non-hydrogen) atoms. The van der Waals surface area contributed by atoms with Crippen LogP contribution in [0.4, 0.5) is 10.7 Å². The van der Waals surface area contributed by atoms with Crippen molar-refractivity contribution in [2.75, 3.05) is 17.2 Å². The van der Waals surface area contributed by atoms with Crippen LogP contribution in [0.1, 0.15) is 48.0 Å². The first-order valence-corrected chi connectivity index (χ1v) is 13.1. The normalized spacial score (nSPS) is 15.3. The average molecular weight is 532 g/mol. The molecule has 5 nitrogen and oxygen atoms in total. The standard InChI is InChI=1S/C27H28Cl2N2O3S/c1-27(2,3)16-8-13-19-22(14-16)35-26(24(19)25(33)30-21-7-5-4-6-20(21)29)31-23(32)15-34-18-11-9-17(28)10-12-18/h4-7,9-12,16H,8,13-15H2,1-3H3,(H,30,33)(H,31,32). The number of thiophene rings is 1. The van der Waals surface area contributed by atoms with Gasteiger partial charge >= 0.3 is 0 Å². The highest BCUT2D eigenvalue weighted by molar-refractivity contribution is 7.17. The number of hydrogen-bond donors (Lipinski definition) is 2. The van der Waals surface area contributed by atoms with Crippen molar-refractivity contribution in [1.82, 2.24) is 0 Å². The first-order valence-electron chi connectivity index (χ1n) is 11.5. The van der Waals surface area contributed by atoms with E-state index in [0.29, 0.717) is 38.0 Å². The first kappa shape index (κ1) is 25.5. The molecule has 1 aliphatic rings. The van der Waals surface area contributed by atoms with Crippen LogP contribution in [0.25, 0.3) is 0 Å². The highest BCUT2D eigenvalue weighted by atomic mass is 35.5. The molecule has 0 aliphatic heterocycles. The fourth-order valence-corrected chi connectivity index (χ4v) is 5.89. The zero-order chi connectivity index (χ0) is 25.2. The summed E-state index contributed by atoms with van der Waals surface area (Å²) in [6.07, 6.45) is 2.66. The van der Waals surface area contributed by atoms with Gasteiger partial charge < -0.3 is 15.4 Å². The minimum Gasteiger partial charge on any atom is -0.484 e. The van der Waals surface area contributed by atoms with Gasteiger partial charge in [-0.25, -0.2) is 0 Å². The Labute approximate surface area is 219 Å². The van der Waals surface area contributed by atoms with Gasteiger partial charge in [-0.15, -0.1) is 11.3 Å². The Kier molecular flexibility index (Phi) is 7.74. The van der Waals surface area contributed by atoms with Gasteiger partial charge in [0.25, 0.3) is 11.8 Å². The Morgan fingerprint density at radius 3 is 2.46 bits per heavy atom. The summed E-state index contributed by atoms with van der Waals surface area (Å²) in [5, 5.41) is 7.43. The second kappa shape index (κ2) is 10.6. The summed E-state index contributed by atoms with van der Waals surface area (Å²) in [4.78, 5) is 27.3. The van der Waals surface area contributed by atoms with Crippen LogP contribution in [0.3, 0.4) is 0 Å². The van der Waals surface area contributed by atoms with Crippen LogP contribution in [0.5, 0.6) is 5.75 Å². The third kappa shape index (κ3) is 6.18. The van der Waals surface area contributed by atoms with Crippen molar-refractivity contribution in [3.8, 4) is 5.75 Å². The van der Waals surface area contributed by atoms with Gasteiger partial charge in [-0.3, -0.25) is 9.59 Å². The Morgan fingerprint density at radius 1 is 1.06 bits per heavy atom. The summed E-state index contributed by atoms with van der Waals surface area (Å²) in [7, 11) is 0. The summed E-state index contributed by atoms with van der Waals surface area (Å²) in [5.41, 5.74) is 2.22. The predicted molar refractivity (Wildman–Crippen MR) is 144 cm³/mol. The van der Waals surface area contributed by atoms with Crippen LogP contribution in [-0.4, -0.2) is 18.4 Å². The van der Waals surface area contributed by atoms with E-state index in [-0.39, 0.29) is 23.8 Å². The van der Waals surface area contributed by atoms with Gasteiger partial charge in [0.15, 0.2) is 6.61 Å². The molecular weight excluding hydrogens is 503 g/mol. The number of carbonyl (C=O) groups excluding carboxylic acids is 2. The third-order valence-electron chi connectivity index (χ3n) is 6.28. The average Bonchev–Trinajstić information content (AvgIpc) is 3.16. The lowest BCUT2D eigenvalue weighted by molar-refractivity contribution is -0.118. The summed E-state index contributed by atoms with van der Waals surface area (Å²) >= 11 is 13.7. The zero-order valence-corrected chi connectivity index (χ0v) is 22.2. The van der Waals surface area contributed by atoms with Crippen LogP contribution >= 0.6 is 34.5 Å². The molecule has 184 valence electrons. The fraction of sp³-hybridized carbons (Fsp3) is 0.333. The number of amides is 2. The van der Waals surface area contributed by atoms with Crippen molar-refractivity contribution >= 4 is 57.0 Å². The number of para-hydroxylation sites is 1. The van der Waals surface area contributed by atoms with Crippen molar-refractivity contribution in [3.63, 3.8) is 0 Å². The molecule has 2 N–H and O–H groups in total. The van der Waals surface area contributed by atoms with Gasteiger partial charge in [-0.05, 0) is 72.6 Å². The Bertz CT molecular complexity index is 1230. The van der Waals surface area contributed by atoms with Crippen LogP contribution in [0, 0.1) is 11.3 Å². The Balaban J connectivity index is 1.58. The topological polar surface area (TPSA) is 67.4 Å². The van der Waals surface area contributed by atoms with E-state index in [4.69, 9.17) is 27.9 Å². The highest BCUT2D eigenvalue weighted by Crippen LogP contribution is 2.44. The van der Waals surface area contributed by atoms with Crippen molar-refractivity contribution < 1.29 is 14.3 Å². The lowest BCUT2D eigenvalue weighted by Crippen LogP contribution is -2.27. The van der Waals surface area contributed by atoms with Gasteiger partial charge in [0.2, 0.25) is 0 Å². The smallest absolute Gasteiger partial charge is 0.262 e. The minimum atomic E-state index is -0.335. The molecule has 2 amide bonds. The number of fused-ring (bicyclic) bond motifs is 1. The number of benzene rings is 2. The number of anilines is 2. The highest BCUT2D eigenvalue weighted by Gasteiger charge is 2.34. The quantitative estimate of drug-likeness (QED) is 0.347. The molecule has 1 heterocycles. The number of halogens is 2. The molecule has 1 aromatic heterocycles. The molecule has 8 heteroatoms. The van der Waals surface area contributed by atoms with E-state index in [2.05, 4.69) is 31.4 Å². The second-order valence-electron chi connectivity index (χ2n) is 9.74. The molecule has 0 bridgehead atoms. The maximum atomic E-state index is 13.4. The van der Waals surface area contributed by atoms with Gasteiger partial charge in [0.05, 0.1) is 16.3 Å². The van der Waals surface area contributed by atoms with E-state index in [1.165, 1.54) is 11.3 Å². The van der Waals surface area contributed by atoms with Crippen molar-refractivity contribution in [1.29, 1.82) is 0 Å². The molecule has 0 spiro atoms. The van der Waals surface area contributed by atoms with Crippen LogP contribution in [0.15, 0.2) is 48.5 Å². The van der Waals surface area contributed by atoms with E-state index in [9.17, 15) is 9.59 Å². The van der Waals surface area contributed by atoms with E-state index >= 15 is 0 Å². The summed E-state index contributed by atoms with van der Waals surface area (Å²) < 4.78 is 5.59. The molecule has 1 aliphatic carbocycles. The van der Waals surface area contributed by atoms with E-state index in [1.807, 2.05) is 12.1 Å². The predicted octanol–water partition coefficient (Wildman–Crippen LogP) is 7.48. The molecule has 3 aromatic rings. The molecular formula is C27H28Cl2N2O3S. The third-order valence-corrected chi connectivity index (χ3v) is 8.03. The van der Waals surface area contributed by atoms with Crippen LogP contribution in [0.2, 0.25) is 10.0 Å². The molecule has 0 radical (unpaired) electrons. The minimum absolute atomic E-state index is 0.164. The van der Waals surface area contributed by atoms with Crippen molar-refractivity contribution in [2.24, 2.45) is 11.3 Å². The Hall–Kier alpha value is -2.54. The first-order chi connectivity index (χ1) is 16.6. The largest absolute Gasteiger partial charge is 0.484 e. The van der Waals surface area contributed by atoms with Crippen molar-refractivity contribution in [3.05, 3.63) is 74.6 Å². The van der Waals surface area contributed by atoms with E-state index in [1.54, 1.807) is 36.4 Å². The number of ether oxygens (including phenoxy) is 1. The molecule has 0 fully saturated rings. The zero-order valence-electron chi connectivity index (χ0n) is 19.9. The monoisotopic (exact) mass is 530 g/mol. The molecule has 4 rings (SSSR count). The van der Waals surface area contributed by atoms with Gasteiger partial charge in [-0.1, -0.05) is 56.1 Å². The van der Waals surface area contributed by atoms with E-state index in [0.717, 1.165) is 29.7 Å². The second-order valence-corrected chi connectivity index (χ2v) is 11.7. The van der Waals surface area contributed by atoms with Crippen LogP contribution in [-0.2, 0) is 17.6 Å². The van der Waals surface area contributed by atoms with E-state index < -0.39 is 0 Å².